The number of hydrogen-bond acceptors (Lipinski definition) is 6. The van der Waals surface area contributed by atoms with Gasteiger partial charge in [-0.25, -0.2) is 9.37 Å². The summed E-state index contributed by atoms with van der Waals surface area (Å²) in [5.41, 5.74) is 1.09. The number of aromatic nitrogens is 2. The largest absolute Gasteiger partial charge is 0.355 e. The second kappa shape index (κ2) is 9.96. The molecule has 4 aliphatic rings. The van der Waals surface area contributed by atoms with Crippen LogP contribution in [0.4, 0.5) is 15.9 Å². The minimum atomic E-state index is -0.799. The van der Waals surface area contributed by atoms with Crippen LogP contribution >= 0.6 is 0 Å². The summed E-state index contributed by atoms with van der Waals surface area (Å²) in [7, 11) is 0. The van der Waals surface area contributed by atoms with E-state index in [4.69, 9.17) is 0 Å². The molecular weight excluding hydrogens is 431 g/mol. The number of pyridine rings is 2. The highest BCUT2D eigenvalue weighted by Crippen LogP contribution is 2.35. The Morgan fingerprint density at radius 2 is 1.94 bits per heavy atom. The van der Waals surface area contributed by atoms with Crippen molar-refractivity contribution < 1.29 is 9.18 Å². The van der Waals surface area contributed by atoms with Crippen LogP contribution in [0.5, 0.6) is 0 Å². The van der Waals surface area contributed by atoms with Crippen LogP contribution in [0.25, 0.3) is 0 Å². The molecule has 6 heterocycles. The summed E-state index contributed by atoms with van der Waals surface area (Å²) < 4.78 is 15.3. The fraction of sp³-hybridized carbons (Fsp3) is 0.577. The molecule has 1 N–H and O–H groups in total. The van der Waals surface area contributed by atoms with Gasteiger partial charge in [-0.15, -0.1) is 0 Å². The second-order valence-corrected chi connectivity index (χ2v) is 10.2. The predicted molar refractivity (Wildman–Crippen MR) is 132 cm³/mol. The van der Waals surface area contributed by atoms with Crippen molar-refractivity contribution in [2.45, 2.75) is 57.4 Å². The van der Waals surface area contributed by atoms with E-state index >= 15 is 4.39 Å². The van der Waals surface area contributed by atoms with Gasteiger partial charge in [0.15, 0.2) is 0 Å². The number of fused-ring (bicyclic) bond motifs is 4. The molecule has 4 aliphatic heterocycles. The fourth-order valence-corrected chi connectivity index (χ4v) is 5.83. The van der Waals surface area contributed by atoms with Crippen molar-refractivity contribution in [2.24, 2.45) is 5.92 Å². The molecule has 0 spiro atoms. The number of nitrogens with one attached hydrogen (secondary N) is 1. The summed E-state index contributed by atoms with van der Waals surface area (Å²) in [6.07, 6.45) is 5.74. The quantitative estimate of drug-likeness (QED) is 0.728. The van der Waals surface area contributed by atoms with Crippen molar-refractivity contribution in [3.05, 3.63) is 48.4 Å². The van der Waals surface area contributed by atoms with E-state index in [2.05, 4.69) is 43.8 Å². The standard InChI is InChI=1S/C26H35FN6O/c1-18(2)31-12-9-24(22(27)17-31)33-15-19-6-7-21(33)16-32(14-19)25-13-20(8-11-29-25)30-26(34)23-5-3-4-10-28-23/h3-5,8,10-11,13,18-19,21-22,24H,6-7,9,12,14-17H2,1-2H3,(H,29,30,34). The molecule has 8 heteroatoms. The van der Waals surface area contributed by atoms with E-state index in [9.17, 15) is 4.79 Å². The SMILES string of the molecule is CC(C)N1CCC(N2CC3CCC2CN(c2cc(NC(=O)c4ccccn4)ccn2)C3)C(F)C1. The predicted octanol–water partition coefficient (Wildman–Crippen LogP) is 3.45. The van der Waals surface area contributed by atoms with Crippen LogP contribution in [0.3, 0.4) is 0 Å². The number of alkyl halides is 1. The Morgan fingerprint density at radius 1 is 1.06 bits per heavy atom. The van der Waals surface area contributed by atoms with Gasteiger partial charge in [0.25, 0.3) is 5.91 Å². The van der Waals surface area contributed by atoms with Gasteiger partial charge in [0.2, 0.25) is 0 Å². The van der Waals surface area contributed by atoms with Gasteiger partial charge >= 0.3 is 0 Å². The number of likely N-dealkylation sites (tertiary alicyclic amines) is 1. The molecule has 4 atom stereocenters. The molecule has 0 radical (unpaired) electrons. The average Bonchev–Trinajstić information content (AvgIpc) is 3.17. The normalized spacial score (nSPS) is 28.2. The zero-order chi connectivity index (χ0) is 23.7. The first-order chi connectivity index (χ1) is 16.5. The van der Waals surface area contributed by atoms with Gasteiger partial charge in [-0.05, 0) is 57.2 Å². The number of anilines is 2. The Kier molecular flexibility index (Phi) is 6.79. The minimum absolute atomic E-state index is 0.0136. The first-order valence-corrected chi connectivity index (χ1v) is 12.5. The van der Waals surface area contributed by atoms with Crippen molar-refractivity contribution in [2.75, 3.05) is 42.9 Å². The zero-order valence-electron chi connectivity index (χ0n) is 20.1. The summed E-state index contributed by atoms with van der Waals surface area (Å²) in [4.78, 5) is 28.3. The third-order valence-corrected chi connectivity index (χ3v) is 7.68. The van der Waals surface area contributed by atoms with Gasteiger partial charge in [0.1, 0.15) is 17.7 Å². The second-order valence-electron chi connectivity index (χ2n) is 10.2. The highest BCUT2D eigenvalue weighted by atomic mass is 19.1. The molecule has 182 valence electrons. The van der Waals surface area contributed by atoms with Crippen molar-refractivity contribution in [1.29, 1.82) is 0 Å². The van der Waals surface area contributed by atoms with E-state index in [1.807, 2.05) is 6.07 Å². The number of carbonyl (C=O) groups is 1. The Bertz CT molecular complexity index is 988. The molecule has 0 aromatic carbocycles. The molecule has 34 heavy (non-hydrogen) atoms. The Labute approximate surface area is 201 Å². The summed E-state index contributed by atoms with van der Waals surface area (Å²) in [6.45, 7) is 8.54. The topological polar surface area (TPSA) is 64.6 Å². The fourth-order valence-electron chi connectivity index (χ4n) is 5.83. The smallest absolute Gasteiger partial charge is 0.274 e. The highest BCUT2D eigenvalue weighted by molar-refractivity contribution is 6.02. The summed E-state index contributed by atoms with van der Waals surface area (Å²) in [6, 6.07) is 9.77. The molecule has 0 saturated carbocycles. The molecule has 7 nitrogen and oxygen atoms in total. The van der Waals surface area contributed by atoms with Crippen LogP contribution in [0.15, 0.2) is 42.7 Å². The molecule has 2 aromatic rings. The number of piperidine rings is 2. The summed E-state index contributed by atoms with van der Waals surface area (Å²) in [5.74, 6) is 1.13. The molecular formula is C26H35FN6O. The van der Waals surface area contributed by atoms with Crippen molar-refractivity contribution >= 4 is 17.4 Å². The lowest BCUT2D eigenvalue weighted by molar-refractivity contribution is -0.0134. The van der Waals surface area contributed by atoms with Gasteiger partial charge in [-0.3, -0.25) is 19.6 Å². The van der Waals surface area contributed by atoms with Gasteiger partial charge in [0, 0.05) is 75.0 Å². The third-order valence-electron chi connectivity index (χ3n) is 7.68. The monoisotopic (exact) mass is 466 g/mol. The molecule has 4 saturated heterocycles. The summed E-state index contributed by atoms with van der Waals surface area (Å²) in [5, 5.41) is 2.94. The van der Waals surface area contributed by atoms with Crippen molar-refractivity contribution in [3.8, 4) is 0 Å². The number of rotatable bonds is 5. The van der Waals surface area contributed by atoms with Crippen LogP contribution in [0.1, 0.15) is 43.6 Å². The van der Waals surface area contributed by atoms with Gasteiger partial charge in [-0.1, -0.05) is 6.07 Å². The Morgan fingerprint density at radius 3 is 2.71 bits per heavy atom. The van der Waals surface area contributed by atoms with Crippen LogP contribution in [-0.4, -0.2) is 82.7 Å². The van der Waals surface area contributed by atoms with E-state index in [0.29, 0.717) is 35.9 Å². The van der Waals surface area contributed by atoms with E-state index in [1.54, 1.807) is 36.7 Å². The van der Waals surface area contributed by atoms with Crippen LogP contribution in [0.2, 0.25) is 0 Å². The molecule has 2 bridgehead atoms. The Hall–Kier alpha value is -2.58. The van der Waals surface area contributed by atoms with E-state index < -0.39 is 6.17 Å². The van der Waals surface area contributed by atoms with Crippen LogP contribution < -0.4 is 10.2 Å². The summed E-state index contributed by atoms with van der Waals surface area (Å²) >= 11 is 0. The molecule has 4 fully saturated rings. The van der Waals surface area contributed by atoms with Gasteiger partial charge in [0.05, 0.1) is 0 Å². The highest BCUT2D eigenvalue weighted by Gasteiger charge is 2.43. The molecule has 0 aliphatic carbocycles. The molecule has 6 rings (SSSR count). The third kappa shape index (κ3) is 4.93. The number of amides is 1. The minimum Gasteiger partial charge on any atom is -0.355 e. The lowest BCUT2D eigenvalue weighted by Crippen LogP contribution is -2.59. The van der Waals surface area contributed by atoms with Crippen molar-refractivity contribution in [1.82, 2.24) is 19.8 Å². The van der Waals surface area contributed by atoms with Crippen LogP contribution in [0, 0.1) is 5.92 Å². The van der Waals surface area contributed by atoms with Gasteiger partial charge in [-0.2, -0.15) is 0 Å². The maximum Gasteiger partial charge on any atom is 0.274 e. The maximum atomic E-state index is 15.3. The number of halogens is 1. The first kappa shape index (κ1) is 23.2. The van der Waals surface area contributed by atoms with Gasteiger partial charge < -0.3 is 10.2 Å². The average molecular weight is 467 g/mol. The van der Waals surface area contributed by atoms with Crippen molar-refractivity contribution in [3.63, 3.8) is 0 Å². The van der Waals surface area contributed by atoms with E-state index in [1.165, 1.54) is 6.42 Å². The van der Waals surface area contributed by atoms with E-state index in [-0.39, 0.29) is 11.9 Å². The molecule has 2 aromatic heterocycles. The lowest BCUT2D eigenvalue weighted by Gasteiger charge is -2.47. The number of carbonyl (C=O) groups excluding carboxylic acids is 1. The molecule has 4 unspecified atom stereocenters. The molecule has 1 amide bonds. The van der Waals surface area contributed by atoms with E-state index in [0.717, 1.165) is 44.8 Å². The first-order valence-electron chi connectivity index (χ1n) is 12.5. The number of hydrogen-bond donors (Lipinski definition) is 1. The van der Waals surface area contributed by atoms with Crippen LogP contribution in [-0.2, 0) is 0 Å². The maximum absolute atomic E-state index is 15.3. The Balaban J connectivity index is 1.28. The lowest BCUT2D eigenvalue weighted by atomic mass is 9.90. The zero-order valence-corrected chi connectivity index (χ0v) is 20.1. The number of nitrogens with zero attached hydrogens (tertiary/aromatic N) is 5.